The SMILES string of the molecule is COc1ccc(OC)c(C2(O)CCCC(C)(C)C2)c1. The van der Waals surface area contributed by atoms with Crippen LogP contribution in [0.4, 0.5) is 0 Å². The van der Waals surface area contributed by atoms with E-state index in [1.54, 1.807) is 14.2 Å². The molecule has 0 radical (unpaired) electrons. The molecule has 2 rings (SSSR count). The summed E-state index contributed by atoms with van der Waals surface area (Å²) in [6, 6.07) is 5.63. The van der Waals surface area contributed by atoms with Crippen molar-refractivity contribution in [1.82, 2.24) is 0 Å². The van der Waals surface area contributed by atoms with Gasteiger partial charge in [-0.2, -0.15) is 0 Å². The monoisotopic (exact) mass is 264 g/mol. The molecule has 3 heteroatoms. The van der Waals surface area contributed by atoms with Gasteiger partial charge < -0.3 is 14.6 Å². The van der Waals surface area contributed by atoms with Gasteiger partial charge in [0.1, 0.15) is 11.5 Å². The fourth-order valence-electron chi connectivity index (χ4n) is 3.24. The summed E-state index contributed by atoms with van der Waals surface area (Å²) in [5, 5.41) is 11.1. The molecule has 0 spiro atoms. The van der Waals surface area contributed by atoms with E-state index < -0.39 is 5.60 Å². The summed E-state index contributed by atoms with van der Waals surface area (Å²) < 4.78 is 10.7. The van der Waals surface area contributed by atoms with Crippen LogP contribution in [-0.4, -0.2) is 19.3 Å². The second kappa shape index (κ2) is 5.04. The first-order valence-electron chi connectivity index (χ1n) is 6.85. The summed E-state index contributed by atoms with van der Waals surface area (Å²) in [5.74, 6) is 1.49. The average Bonchev–Trinajstić information content (AvgIpc) is 2.36. The third-order valence-electron chi connectivity index (χ3n) is 4.12. The molecule has 0 amide bonds. The first kappa shape index (κ1) is 14.2. The predicted molar refractivity (Wildman–Crippen MR) is 75.7 cm³/mol. The van der Waals surface area contributed by atoms with Gasteiger partial charge in [0.2, 0.25) is 0 Å². The maximum atomic E-state index is 11.1. The van der Waals surface area contributed by atoms with E-state index in [9.17, 15) is 5.11 Å². The lowest BCUT2D eigenvalue weighted by atomic mass is 9.67. The van der Waals surface area contributed by atoms with Crippen molar-refractivity contribution in [2.24, 2.45) is 5.41 Å². The Morgan fingerprint density at radius 2 is 1.84 bits per heavy atom. The van der Waals surface area contributed by atoms with Gasteiger partial charge in [-0.05, 0) is 49.3 Å². The Kier molecular flexibility index (Phi) is 3.77. The van der Waals surface area contributed by atoms with Gasteiger partial charge in [0.25, 0.3) is 0 Å². The molecule has 0 aliphatic heterocycles. The first-order chi connectivity index (χ1) is 8.90. The van der Waals surface area contributed by atoms with Crippen molar-refractivity contribution in [2.45, 2.75) is 45.1 Å². The molecule has 1 aliphatic rings. The van der Waals surface area contributed by atoms with Crippen molar-refractivity contribution in [3.8, 4) is 11.5 Å². The molecule has 1 aliphatic carbocycles. The van der Waals surface area contributed by atoms with E-state index >= 15 is 0 Å². The summed E-state index contributed by atoms with van der Waals surface area (Å²) >= 11 is 0. The smallest absolute Gasteiger partial charge is 0.125 e. The van der Waals surface area contributed by atoms with Crippen LogP contribution in [0.25, 0.3) is 0 Å². The third-order valence-corrected chi connectivity index (χ3v) is 4.12. The van der Waals surface area contributed by atoms with E-state index in [4.69, 9.17) is 9.47 Å². The van der Waals surface area contributed by atoms with Crippen LogP contribution in [0.5, 0.6) is 11.5 Å². The molecule has 0 aromatic heterocycles. The zero-order valence-corrected chi connectivity index (χ0v) is 12.3. The van der Waals surface area contributed by atoms with Gasteiger partial charge in [0.05, 0.1) is 19.8 Å². The number of benzene rings is 1. The summed E-state index contributed by atoms with van der Waals surface area (Å²) in [6.45, 7) is 4.42. The zero-order chi connectivity index (χ0) is 14.1. The molecule has 0 saturated heterocycles. The van der Waals surface area contributed by atoms with Crippen LogP contribution < -0.4 is 9.47 Å². The molecule has 106 valence electrons. The molecule has 1 aromatic rings. The first-order valence-corrected chi connectivity index (χ1v) is 6.85. The highest BCUT2D eigenvalue weighted by Crippen LogP contribution is 2.48. The van der Waals surface area contributed by atoms with Crippen molar-refractivity contribution in [3.05, 3.63) is 23.8 Å². The number of ether oxygens (including phenoxy) is 2. The normalized spacial score (nSPS) is 25.9. The topological polar surface area (TPSA) is 38.7 Å². The van der Waals surface area contributed by atoms with E-state index in [0.717, 1.165) is 42.7 Å². The highest BCUT2D eigenvalue weighted by Gasteiger charge is 2.41. The largest absolute Gasteiger partial charge is 0.497 e. The minimum atomic E-state index is -0.818. The maximum absolute atomic E-state index is 11.1. The molecule has 1 atom stereocenters. The number of aliphatic hydroxyl groups is 1. The Labute approximate surface area is 115 Å². The van der Waals surface area contributed by atoms with Gasteiger partial charge in [-0.1, -0.05) is 13.8 Å². The number of methoxy groups -OCH3 is 2. The highest BCUT2D eigenvalue weighted by molar-refractivity contribution is 5.44. The second-order valence-electron chi connectivity index (χ2n) is 6.29. The van der Waals surface area contributed by atoms with Crippen LogP contribution in [0.3, 0.4) is 0 Å². The lowest BCUT2D eigenvalue weighted by Gasteiger charge is -2.42. The van der Waals surface area contributed by atoms with Gasteiger partial charge in [-0.3, -0.25) is 0 Å². The van der Waals surface area contributed by atoms with Crippen molar-refractivity contribution in [3.63, 3.8) is 0 Å². The van der Waals surface area contributed by atoms with Gasteiger partial charge >= 0.3 is 0 Å². The molecular weight excluding hydrogens is 240 g/mol. The van der Waals surface area contributed by atoms with Crippen molar-refractivity contribution in [2.75, 3.05) is 14.2 Å². The minimum absolute atomic E-state index is 0.154. The fraction of sp³-hybridized carbons (Fsp3) is 0.625. The molecule has 1 aromatic carbocycles. The van der Waals surface area contributed by atoms with E-state index in [2.05, 4.69) is 13.8 Å². The van der Waals surface area contributed by atoms with Crippen LogP contribution in [-0.2, 0) is 5.60 Å². The third kappa shape index (κ3) is 2.86. The Hall–Kier alpha value is -1.22. The van der Waals surface area contributed by atoms with Crippen LogP contribution in [0.2, 0.25) is 0 Å². The molecule has 3 nitrogen and oxygen atoms in total. The van der Waals surface area contributed by atoms with Crippen molar-refractivity contribution >= 4 is 0 Å². The van der Waals surface area contributed by atoms with Crippen molar-refractivity contribution < 1.29 is 14.6 Å². The second-order valence-corrected chi connectivity index (χ2v) is 6.29. The van der Waals surface area contributed by atoms with Gasteiger partial charge in [-0.15, -0.1) is 0 Å². The molecule has 1 fully saturated rings. The van der Waals surface area contributed by atoms with Crippen molar-refractivity contribution in [1.29, 1.82) is 0 Å². The number of hydrogen-bond donors (Lipinski definition) is 1. The Bertz CT molecular complexity index is 453. The van der Waals surface area contributed by atoms with Crippen LogP contribution in [0, 0.1) is 5.41 Å². The van der Waals surface area contributed by atoms with Crippen LogP contribution >= 0.6 is 0 Å². The molecule has 1 unspecified atom stereocenters. The zero-order valence-electron chi connectivity index (χ0n) is 12.3. The Morgan fingerprint density at radius 3 is 2.42 bits per heavy atom. The molecule has 19 heavy (non-hydrogen) atoms. The average molecular weight is 264 g/mol. The Balaban J connectivity index is 2.43. The molecule has 1 saturated carbocycles. The summed E-state index contributed by atoms with van der Waals surface area (Å²) in [4.78, 5) is 0. The lowest BCUT2D eigenvalue weighted by molar-refractivity contribution is -0.0455. The number of rotatable bonds is 3. The van der Waals surface area contributed by atoms with Crippen LogP contribution in [0.15, 0.2) is 18.2 Å². The van der Waals surface area contributed by atoms with E-state index in [1.807, 2.05) is 18.2 Å². The maximum Gasteiger partial charge on any atom is 0.125 e. The van der Waals surface area contributed by atoms with Gasteiger partial charge in [-0.25, -0.2) is 0 Å². The minimum Gasteiger partial charge on any atom is -0.497 e. The van der Waals surface area contributed by atoms with Crippen LogP contribution in [0.1, 0.15) is 45.1 Å². The number of hydrogen-bond acceptors (Lipinski definition) is 3. The van der Waals surface area contributed by atoms with E-state index in [-0.39, 0.29) is 5.41 Å². The van der Waals surface area contributed by atoms with E-state index in [1.165, 1.54) is 0 Å². The Morgan fingerprint density at radius 1 is 1.11 bits per heavy atom. The van der Waals surface area contributed by atoms with Gasteiger partial charge in [0, 0.05) is 5.56 Å². The van der Waals surface area contributed by atoms with E-state index in [0.29, 0.717) is 0 Å². The highest BCUT2D eigenvalue weighted by atomic mass is 16.5. The lowest BCUT2D eigenvalue weighted by Crippen LogP contribution is -2.36. The quantitative estimate of drug-likeness (QED) is 0.908. The molecular formula is C16H24O3. The molecule has 0 bridgehead atoms. The fourth-order valence-corrected chi connectivity index (χ4v) is 3.24. The summed E-state index contributed by atoms with van der Waals surface area (Å²) in [5.41, 5.74) is 0.185. The standard InChI is InChI=1S/C16H24O3/c1-15(2)8-5-9-16(17,11-15)13-10-12(18-3)6-7-14(13)19-4/h6-7,10,17H,5,8-9,11H2,1-4H3. The predicted octanol–water partition coefficient (Wildman–Crippen LogP) is 3.49. The summed E-state index contributed by atoms with van der Waals surface area (Å²) in [7, 11) is 3.28. The summed E-state index contributed by atoms with van der Waals surface area (Å²) in [6.07, 6.45) is 3.72. The molecule has 1 N–H and O–H groups in total. The molecule has 0 heterocycles. The van der Waals surface area contributed by atoms with Gasteiger partial charge in [0.15, 0.2) is 0 Å².